The van der Waals surface area contributed by atoms with Gasteiger partial charge >= 0.3 is 0 Å². The molecule has 176 valence electrons. The number of hydrogen-bond acceptors (Lipinski definition) is 6. The summed E-state index contributed by atoms with van der Waals surface area (Å²) in [6.45, 7) is 3.87. The largest absolute Gasteiger partial charge is 0.474 e. The van der Waals surface area contributed by atoms with Gasteiger partial charge in [0.25, 0.3) is 11.9 Å². The van der Waals surface area contributed by atoms with Gasteiger partial charge in [-0.1, -0.05) is 0 Å². The van der Waals surface area contributed by atoms with Gasteiger partial charge in [0.05, 0.1) is 18.6 Å². The van der Waals surface area contributed by atoms with E-state index in [-0.39, 0.29) is 43.2 Å². The molecule has 4 rings (SSSR count). The predicted octanol–water partition coefficient (Wildman–Crippen LogP) is 3.23. The molecule has 1 unspecified atom stereocenters. The molecule has 0 bridgehead atoms. The first-order chi connectivity index (χ1) is 15.2. The van der Waals surface area contributed by atoms with Crippen LogP contribution in [0, 0.1) is 5.92 Å². The quantitative estimate of drug-likeness (QED) is 0.629. The predicted molar refractivity (Wildman–Crippen MR) is 113 cm³/mol. The Morgan fingerprint density at radius 2 is 1.94 bits per heavy atom. The average molecular weight is 453 g/mol. The summed E-state index contributed by atoms with van der Waals surface area (Å²) in [5, 5.41) is 2.82. The summed E-state index contributed by atoms with van der Waals surface area (Å²) in [6, 6.07) is 3.84. The van der Waals surface area contributed by atoms with Crippen molar-refractivity contribution in [3.05, 3.63) is 12.1 Å². The van der Waals surface area contributed by atoms with E-state index in [9.17, 15) is 13.6 Å². The second-order valence-corrected chi connectivity index (χ2v) is 8.87. The number of carbonyl (C=O) groups excluding carboxylic acids is 1. The fourth-order valence-electron chi connectivity index (χ4n) is 4.00. The molecule has 2 aromatic rings. The van der Waals surface area contributed by atoms with Crippen LogP contribution in [0.5, 0.6) is 11.9 Å². The molecule has 0 radical (unpaired) electrons. The van der Waals surface area contributed by atoms with E-state index in [4.69, 9.17) is 14.2 Å². The van der Waals surface area contributed by atoms with E-state index in [1.54, 1.807) is 23.7 Å². The van der Waals surface area contributed by atoms with Crippen LogP contribution in [0.3, 0.4) is 0 Å². The van der Waals surface area contributed by atoms with E-state index >= 15 is 0 Å². The Bertz CT molecular complexity index is 959. The SMILES string of the molecule is CC(=O)N[C@@H](C)CO[C@H]1CC[C@H](Oc2ccc3nc(OCC4CC4(F)F)n(C)c3n2)CC1. The van der Waals surface area contributed by atoms with Gasteiger partial charge < -0.3 is 19.5 Å². The van der Waals surface area contributed by atoms with Crippen molar-refractivity contribution in [3.63, 3.8) is 0 Å². The number of fused-ring (bicyclic) bond motifs is 1. The van der Waals surface area contributed by atoms with Crippen LogP contribution in [0.2, 0.25) is 0 Å². The molecule has 1 amide bonds. The van der Waals surface area contributed by atoms with Gasteiger partial charge in [-0.2, -0.15) is 9.97 Å². The number of nitrogens with zero attached hydrogens (tertiary/aromatic N) is 3. The second-order valence-electron chi connectivity index (χ2n) is 8.87. The molecule has 2 atom stereocenters. The molecule has 0 aliphatic heterocycles. The van der Waals surface area contributed by atoms with Gasteiger partial charge in [-0.05, 0) is 38.7 Å². The molecule has 0 saturated heterocycles. The van der Waals surface area contributed by atoms with Crippen LogP contribution in [0.4, 0.5) is 8.78 Å². The van der Waals surface area contributed by atoms with E-state index in [1.807, 2.05) is 6.92 Å². The maximum atomic E-state index is 13.1. The van der Waals surface area contributed by atoms with Crippen LogP contribution in [0.25, 0.3) is 11.2 Å². The highest BCUT2D eigenvalue weighted by Gasteiger charge is 2.57. The van der Waals surface area contributed by atoms with Gasteiger partial charge in [0.15, 0.2) is 5.65 Å². The zero-order chi connectivity index (χ0) is 22.9. The lowest BCUT2D eigenvalue weighted by atomic mass is 9.95. The maximum Gasteiger partial charge on any atom is 0.298 e. The Morgan fingerprint density at radius 3 is 2.59 bits per heavy atom. The van der Waals surface area contributed by atoms with Gasteiger partial charge in [-0.15, -0.1) is 0 Å². The Balaban J connectivity index is 1.27. The Kier molecular flexibility index (Phi) is 6.50. The molecule has 0 aromatic carbocycles. The number of aryl methyl sites for hydroxylation is 1. The molecule has 2 aliphatic carbocycles. The summed E-state index contributed by atoms with van der Waals surface area (Å²) in [5.74, 6) is -2.90. The zero-order valence-electron chi connectivity index (χ0n) is 18.6. The number of aromatic nitrogens is 3. The van der Waals surface area contributed by atoms with Crippen LogP contribution in [0.15, 0.2) is 12.1 Å². The summed E-state index contributed by atoms with van der Waals surface area (Å²) in [7, 11) is 1.75. The smallest absolute Gasteiger partial charge is 0.298 e. The fraction of sp³-hybridized carbons (Fsp3) is 0.682. The number of carbonyl (C=O) groups is 1. The van der Waals surface area contributed by atoms with Crippen molar-refractivity contribution >= 4 is 17.1 Å². The van der Waals surface area contributed by atoms with Gasteiger partial charge in [0.1, 0.15) is 18.2 Å². The Morgan fingerprint density at radius 1 is 1.25 bits per heavy atom. The fourth-order valence-corrected chi connectivity index (χ4v) is 4.00. The van der Waals surface area contributed by atoms with Crippen LogP contribution in [-0.2, 0) is 16.6 Å². The van der Waals surface area contributed by atoms with Crippen molar-refractivity contribution in [1.29, 1.82) is 0 Å². The van der Waals surface area contributed by atoms with E-state index in [2.05, 4.69) is 15.3 Å². The van der Waals surface area contributed by atoms with Gasteiger partial charge in [-0.25, -0.2) is 8.78 Å². The van der Waals surface area contributed by atoms with E-state index in [0.717, 1.165) is 25.7 Å². The zero-order valence-corrected chi connectivity index (χ0v) is 18.6. The normalized spacial score (nSPS) is 25.3. The number of alkyl halides is 2. The van der Waals surface area contributed by atoms with Crippen LogP contribution in [-0.4, -0.2) is 57.8 Å². The molecule has 2 heterocycles. The molecule has 2 aromatic heterocycles. The molecule has 2 saturated carbocycles. The highest BCUT2D eigenvalue weighted by atomic mass is 19.3. The molecular weight excluding hydrogens is 422 g/mol. The molecule has 2 fully saturated rings. The van der Waals surface area contributed by atoms with Crippen molar-refractivity contribution in [2.24, 2.45) is 13.0 Å². The molecule has 8 nitrogen and oxygen atoms in total. The number of imidazole rings is 1. The highest BCUT2D eigenvalue weighted by molar-refractivity contribution is 5.73. The second kappa shape index (κ2) is 9.17. The molecule has 32 heavy (non-hydrogen) atoms. The molecular formula is C22H30F2N4O4. The first-order valence-corrected chi connectivity index (χ1v) is 11.1. The lowest BCUT2D eigenvalue weighted by molar-refractivity contribution is -0.120. The minimum absolute atomic E-state index is 0.00840. The highest BCUT2D eigenvalue weighted by Crippen LogP contribution is 2.48. The number of hydrogen-bond donors (Lipinski definition) is 1. The molecule has 1 N–H and O–H groups in total. The summed E-state index contributed by atoms with van der Waals surface area (Å²) >= 11 is 0. The first kappa shape index (κ1) is 22.7. The van der Waals surface area contributed by atoms with Crippen molar-refractivity contribution < 1.29 is 27.8 Å². The van der Waals surface area contributed by atoms with Gasteiger partial charge in [-0.3, -0.25) is 9.36 Å². The Labute approximate surface area is 185 Å². The third kappa shape index (κ3) is 5.46. The topological polar surface area (TPSA) is 87.5 Å². The van der Waals surface area contributed by atoms with E-state index in [1.165, 1.54) is 6.92 Å². The van der Waals surface area contributed by atoms with Gasteiger partial charge in [0.2, 0.25) is 11.8 Å². The third-order valence-corrected chi connectivity index (χ3v) is 5.96. The maximum absolute atomic E-state index is 13.1. The third-order valence-electron chi connectivity index (χ3n) is 5.96. The lowest BCUT2D eigenvalue weighted by Crippen LogP contribution is -2.36. The molecule has 2 aliphatic rings. The lowest BCUT2D eigenvalue weighted by Gasteiger charge is -2.29. The summed E-state index contributed by atoms with van der Waals surface area (Å²) in [4.78, 5) is 20.0. The molecule has 10 heteroatoms. The number of halogens is 2. The standard InChI is InChI=1S/C22H30F2N4O4/c1-13(25-14(2)29)11-30-16-4-6-17(7-5-16)32-19-9-8-18-20(27-19)28(3)21(26-18)31-12-15-10-22(15,23)24/h8-9,13,15-17H,4-7,10-12H2,1-3H3,(H,25,29)/t13-,15?,16-,17-/m0/s1. The minimum atomic E-state index is -2.61. The van der Waals surface area contributed by atoms with E-state index < -0.39 is 11.8 Å². The summed E-state index contributed by atoms with van der Waals surface area (Å²) < 4.78 is 45.3. The Hall–Kier alpha value is -2.49. The molecule has 0 spiro atoms. The number of ether oxygens (including phenoxy) is 3. The first-order valence-electron chi connectivity index (χ1n) is 11.1. The van der Waals surface area contributed by atoms with Crippen molar-refractivity contribution in [1.82, 2.24) is 19.9 Å². The number of pyridine rings is 1. The monoisotopic (exact) mass is 452 g/mol. The summed E-state index contributed by atoms with van der Waals surface area (Å²) in [5.41, 5.74) is 1.21. The van der Waals surface area contributed by atoms with Crippen molar-refractivity contribution in [2.45, 2.75) is 70.1 Å². The van der Waals surface area contributed by atoms with Crippen molar-refractivity contribution in [2.75, 3.05) is 13.2 Å². The van der Waals surface area contributed by atoms with Crippen LogP contribution in [0.1, 0.15) is 46.0 Å². The minimum Gasteiger partial charge on any atom is -0.474 e. The average Bonchev–Trinajstić information content (AvgIpc) is 3.24. The van der Waals surface area contributed by atoms with Crippen molar-refractivity contribution in [3.8, 4) is 11.9 Å². The summed E-state index contributed by atoms with van der Waals surface area (Å²) in [6.07, 6.45) is 3.56. The van der Waals surface area contributed by atoms with Crippen LogP contribution >= 0.6 is 0 Å². The number of nitrogens with one attached hydrogen (secondary N) is 1. The van der Waals surface area contributed by atoms with Crippen LogP contribution < -0.4 is 14.8 Å². The van der Waals surface area contributed by atoms with Gasteiger partial charge in [0, 0.05) is 32.5 Å². The van der Waals surface area contributed by atoms with E-state index in [0.29, 0.717) is 23.7 Å². The number of rotatable bonds is 9. The number of amides is 1.